The first-order chi connectivity index (χ1) is 38.3. The largest absolute Gasteiger partial charge is 0.458 e. The zero-order valence-electron chi connectivity index (χ0n) is 48.3. The van der Waals surface area contributed by atoms with Crippen molar-refractivity contribution in [1.29, 1.82) is 0 Å². The van der Waals surface area contributed by atoms with E-state index in [4.69, 9.17) is 18.9 Å². The fourth-order valence-electron chi connectivity index (χ4n) is 9.44. The van der Waals surface area contributed by atoms with Crippen LogP contribution in [0.3, 0.4) is 0 Å². The Labute approximate surface area is 476 Å². The van der Waals surface area contributed by atoms with Crippen molar-refractivity contribution >= 4 is 41.8 Å². The lowest BCUT2D eigenvalue weighted by atomic mass is 9.77. The normalized spacial score (nSPS) is 13.9. The Morgan fingerprint density at radius 3 is 1.48 bits per heavy atom. The second-order valence-electron chi connectivity index (χ2n) is 23.2. The molecule has 0 heterocycles. The molecule has 0 bridgehead atoms. The standard InChI is InChI=1S/C64H80N6O11/c1-42(55(72)68-52(58(75)80-62(5,6)7)36-24-25-39-65-59(76)81-63(8,9)10)66-56(73)51(37-38-54(71)70-64(43-26-14-11-15-27-43,44-28-16-12-17-29-44)45-30-18-13-19-31-45)67-57(74)53(41-79-61(2,3)4)69-60(77)78-40-50-48-34-22-20-32-46(48)47-33-21-23-35-49(47)50/h11-23,26-35,42,50-53H,24-25,36-41H2,1-10H3,(H,65,76)(H,66,73)(H,67,74)(H,68,72)(H,69,77)(H,70,71)/t42-,51-,52-,53-/m0/s1. The van der Waals surface area contributed by atoms with Gasteiger partial charge in [0.1, 0.15) is 47.5 Å². The monoisotopic (exact) mass is 1110 g/mol. The molecule has 1 aliphatic rings. The van der Waals surface area contributed by atoms with Gasteiger partial charge in [-0.05, 0) is 134 Å². The Bertz CT molecular complexity index is 2790. The first kappa shape index (κ1) is 62.2. The van der Waals surface area contributed by atoms with Crippen molar-refractivity contribution in [3.63, 3.8) is 0 Å². The van der Waals surface area contributed by atoms with Crippen molar-refractivity contribution in [2.45, 2.75) is 154 Å². The highest BCUT2D eigenvalue weighted by Crippen LogP contribution is 2.44. The minimum absolute atomic E-state index is 0.0368. The minimum atomic E-state index is -1.47. The summed E-state index contributed by atoms with van der Waals surface area (Å²) in [4.78, 5) is 97.5. The molecule has 17 heteroatoms. The highest BCUT2D eigenvalue weighted by Gasteiger charge is 2.39. The Morgan fingerprint density at radius 1 is 0.494 bits per heavy atom. The predicted octanol–water partition coefficient (Wildman–Crippen LogP) is 9.11. The Balaban J connectivity index is 1.23. The zero-order chi connectivity index (χ0) is 59.0. The van der Waals surface area contributed by atoms with E-state index < -0.39 is 88.3 Å². The van der Waals surface area contributed by atoms with Crippen molar-refractivity contribution in [1.82, 2.24) is 31.9 Å². The van der Waals surface area contributed by atoms with Crippen LogP contribution in [-0.4, -0.2) is 103 Å². The summed E-state index contributed by atoms with van der Waals surface area (Å²) < 4.78 is 22.9. The van der Waals surface area contributed by atoms with Gasteiger partial charge in [0.2, 0.25) is 23.6 Å². The van der Waals surface area contributed by atoms with Gasteiger partial charge in [0.05, 0.1) is 12.2 Å². The summed E-state index contributed by atoms with van der Waals surface area (Å²) in [7, 11) is 0. The highest BCUT2D eigenvalue weighted by atomic mass is 16.6. The second kappa shape index (κ2) is 27.9. The molecule has 5 aromatic carbocycles. The number of carbonyl (C=O) groups excluding carboxylic acids is 7. The molecule has 0 saturated heterocycles. The van der Waals surface area contributed by atoms with E-state index in [0.29, 0.717) is 12.8 Å². The summed E-state index contributed by atoms with van der Waals surface area (Å²) >= 11 is 0. The van der Waals surface area contributed by atoms with E-state index in [1.807, 2.05) is 140 Å². The van der Waals surface area contributed by atoms with Crippen LogP contribution in [0.2, 0.25) is 0 Å². The van der Waals surface area contributed by atoms with E-state index in [-0.39, 0.29) is 44.9 Å². The van der Waals surface area contributed by atoms with Gasteiger partial charge < -0.3 is 50.8 Å². The summed E-state index contributed by atoms with van der Waals surface area (Å²) in [5.74, 6) is -3.84. The fraction of sp³-hybridized carbons (Fsp3) is 0.422. The molecule has 0 unspecified atom stereocenters. The van der Waals surface area contributed by atoms with Crippen LogP contribution in [0.5, 0.6) is 0 Å². The van der Waals surface area contributed by atoms with Gasteiger partial charge in [-0.15, -0.1) is 0 Å². The highest BCUT2D eigenvalue weighted by molar-refractivity contribution is 5.95. The van der Waals surface area contributed by atoms with Crippen LogP contribution in [-0.2, 0) is 48.5 Å². The Kier molecular flexibility index (Phi) is 21.4. The van der Waals surface area contributed by atoms with Gasteiger partial charge in [0.25, 0.3) is 0 Å². The van der Waals surface area contributed by atoms with E-state index in [1.165, 1.54) is 6.92 Å². The molecular formula is C64H80N6O11. The first-order valence-electron chi connectivity index (χ1n) is 27.7. The second-order valence-corrected chi connectivity index (χ2v) is 23.2. The van der Waals surface area contributed by atoms with E-state index in [9.17, 15) is 33.6 Å². The summed E-state index contributed by atoms with van der Waals surface area (Å²) in [5, 5.41) is 16.8. The quantitative estimate of drug-likeness (QED) is 0.0148. The summed E-state index contributed by atoms with van der Waals surface area (Å²) in [6, 6.07) is 39.0. The fourth-order valence-corrected chi connectivity index (χ4v) is 9.44. The van der Waals surface area contributed by atoms with Crippen LogP contribution < -0.4 is 31.9 Å². The molecule has 6 N–H and O–H groups in total. The molecule has 5 aromatic rings. The Morgan fingerprint density at radius 2 is 0.975 bits per heavy atom. The number of hydrogen-bond donors (Lipinski definition) is 6. The van der Waals surface area contributed by atoms with Gasteiger partial charge in [-0.2, -0.15) is 0 Å². The molecule has 0 spiro atoms. The predicted molar refractivity (Wildman–Crippen MR) is 310 cm³/mol. The number of unbranched alkanes of at least 4 members (excludes halogenated alkanes) is 1. The average Bonchev–Trinajstić information content (AvgIpc) is 3.57. The molecule has 0 radical (unpaired) electrons. The van der Waals surface area contributed by atoms with E-state index in [1.54, 1.807) is 62.3 Å². The molecule has 6 rings (SSSR count). The van der Waals surface area contributed by atoms with Gasteiger partial charge in [0, 0.05) is 18.9 Å². The molecule has 0 aromatic heterocycles. The maximum absolute atomic E-state index is 14.7. The minimum Gasteiger partial charge on any atom is -0.458 e. The smallest absolute Gasteiger partial charge is 0.407 e. The molecule has 432 valence electrons. The van der Waals surface area contributed by atoms with Crippen molar-refractivity contribution in [2.75, 3.05) is 19.8 Å². The number of rotatable bonds is 24. The maximum Gasteiger partial charge on any atom is 0.407 e. The number of fused-ring (bicyclic) bond motifs is 3. The number of esters is 1. The third-order valence-electron chi connectivity index (χ3n) is 13.2. The maximum atomic E-state index is 14.7. The third kappa shape index (κ3) is 18.2. The van der Waals surface area contributed by atoms with E-state index in [2.05, 4.69) is 31.9 Å². The van der Waals surface area contributed by atoms with Crippen LogP contribution in [0.4, 0.5) is 9.59 Å². The first-order valence-corrected chi connectivity index (χ1v) is 27.7. The molecule has 0 fully saturated rings. The topological polar surface area (TPSA) is 229 Å². The van der Waals surface area contributed by atoms with Crippen LogP contribution in [0.15, 0.2) is 140 Å². The number of nitrogens with one attached hydrogen (secondary N) is 6. The summed E-state index contributed by atoms with van der Waals surface area (Å²) in [6.07, 6.45) is -1.10. The lowest BCUT2D eigenvalue weighted by molar-refractivity contribution is -0.159. The molecule has 17 nitrogen and oxygen atoms in total. The number of amides is 6. The molecule has 6 amide bonds. The average molecular weight is 1110 g/mol. The van der Waals surface area contributed by atoms with Gasteiger partial charge >= 0.3 is 18.2 Å². The zero-order valence-corrected chi connectivity index (χ0v) is 48.3. The molecule has 81 heavy (non-hydrogen) atoms. The molecule has 0 aliphatic heterocycles. The molecular weight excluding hydrogens is 1030 g/mol. The molecule has 1 aliphatic carbocycles. The van der Waals surface area contributed by atoms with Crippen LogP contribution in [0.25, 0.3) is 11.1 Å². The number of alkyl carbamates (subject to hydrolysis) is 2. The Hall–Kier alpha value is -8.05. The number of hydrogen-bond acceptors (Lipinski definition) is 11. The van der Waals surface area contributed by atoms with E-state index >= 15 is 0 Å². The lowest BCUT2D eigenvalue weighted by Crippen LogP contribution is -2.58. The lowest BCUT2D eigenvalue weighted by Gasteiger charge is -2.37. The van der Waals surface area contributed by atoms with Gasteiger partial charge in [-0.25, -0.2) is 14.4 Å². The van der Waals surface area contributed by atoms with Crippen molar-refractivity contribution in [3.8, 4) is 11.1 Å². The van der Waals surface area contributed by atoms with Crippen LogP contribution in [0.1, 0.15) is 135 Å². The molecule has 4 atom stereocenters. The van der Waals surface area contributed by atoms with Crippen molar-refractivity contribution < 1.29 is 52.5 Å². The SMILES string of the molecule is C[C@H](NC(=O)[C@H](CCC(=O)NC(c1ccccc1)(c1ccccc1)c1ccccc1)NC(=O)[C@H](COC(C)(C)C)NC(=O)OCC1c2ccccc2-c2ccccc21)C(=O)N[C@@H](CCCCNC(=O)OC(C)(C)C)C(=O)OC(C)(C)C. The molecule has 0 saturated carbocycles. The van der Waals surface area contributed by atoms with Crippen LogP contribution >= 0.6 is 0 Å². The van der Waals surface area contributed by atoms with Gasteiger partial charge in [-0.3, -0.25) is 19.2 Å². The van der Waals surface area contributed by atoms with Gasteiger partial charge in [-0.1, -0.05) is 140 Å². The number of benzene rings is 5. The van der Waals surface area contributed by atoms with E-state index in [0.717, 1.165) is 38.9 Å². The summed E-state index contributed by atoms with van der Waals surface area (Å²) in [5.41, 5.74) is 2.82. The third-order valence-corrected chi connectivity index (χ3v) is 13.2. The van der Waals surface area contributed by atoms with Crippen molar-refractivity contribution in [2.24, 2.45) is 0 Å². The van der Waals surface area contributed by atoms with Gasteiger partial charge in [0.15, 0.2) is 0 Å². The van der Waals surface area contributed by atoms with Crippen LogP contribution in [0, 0.1) is 0 Å². The number of ether oxygens (including phenoxy) is 4. The van der Waals surface area contributed by atoms with Crippen molar-refractivity contribution in [3.05, 3.63) is 167 Å². The number of carbonyl (C=O) groups is 7. The summed E-state index contributed by atoms with van der Waals surface area (Å²) in [6.45, 7) is 17.0.